The van der Waals surface area contributed by atoms with E-state index in [0.717, 1.165) is 36.6 Å². The summed E-state index contributed by atoms with van der Waals surface area (Å²) in [4.78, 5) is 8.72. The summed E-state index contributed by atoms with van der Waals surface area (Å²) in [5.74, 6) is 0.718. The van der Waals surface area contributed by atoms with Crippen molar-refractivity contribution in [3.8, 4) is 11.4 Å². The fraction of sp³-hybridized carbons (Fsp3) is 0.308. The van der Waals surface area contributed by atoms with Crippen LogP contribution in [-0.4, -0.2) is 32.8 Å². The van der Waals surface area contributed by atoms with Crippen LogP contribution in [0.25, 0.3) is 17.0 Å². The quantitative estimate of drug-likeness (QED) is 0.922. The van der Waals surface area contributed by atoms with Crippen molar-refractivity contribution in [1.29, 1.82) is 0 Å². The van der Waals surface area contributed by atoms with Crippen LogP contribution in [-0.2, 0) is 7.05 Å². The minimum absolute atomic E-state index is 0. The van der Waals surface area contributed by atoms with Gasteiger partial charge in [0.25, 0.3) is 0 Å². The third-order valence-corrected chi connectivity index (χ3v) is 3.01. The maximum atomic E-state index is 4.50. The van der Waals surface area contributed by atoms with E-state index >= 15 is 0 Å². The van der Waals surface area contributed by atoms with Gasteiger partial charge in [0.2, 0.25) is 0 Å². The number of nitrogens with one attached hydrogen (secondary N) is 1. The number of rotatable bonds is 2. The average Bonchev–Trinajstić information content (AvgIpc) is 2.87. The molecule has 0 bridgehead atoms. The summed E-state index contributed by atoms with van der Waals surface area (Å²) in [6.07, 6.45) is 6.77. The molecule has 3 heterocycles. The molecule has 2 aromatic rings. The summed E-state index contributed by atoms with van der Waals surface area (Å²) < 4.78 is 1.69. The summed E-state index contributed by atoms with van der Waals surface area (Å²) >= 11 is 0. The van der Waals surface area contributed by atoms with Crippen molar-refractivity contribution in [2.75, 3.05) is 13.1 Å². The fourth-order valence-electron chi connectivity index (χ4n) is 2.04. The molecule has 0 amide bonds. The summed E-state index contributed by atoms with van der Waals surface area (Å²) in [6, 6.07) is 4.07. The number of halogens is 2. The van der Waals surface area contributed by atoms with Crippen LogP contribution in [0.5, 0.6) is 0 Å². The first-order valence-corrected chi connectivity index (χ1v) is 6.05. The Labute approximate surface area is 130 Å². The third-order valence-electron chi connectivity index (χ3n) is 3.01. The van der Waals surface area contributed by atoms with E-state index in [1.54, 1.807) is 11.0 Å². The molecule has 0 aromatic carbocycles. The first kappa shape index (κ1) is 16.6. The topological polar surface area (TPSA) is 55.6 Å². The van der Waals surface area contributed by atoms with Crippen molar-refractivity contribution in [3.63, 3.8) is 0 Å². The van der Waals surface area contributed by atoms with Crippen LogP contribution in [0.15, 0.2) is 30.7 Å². The van der Waals surface area contributed by atoms with Crippen molar-refractivity contribution >= 4 is 30.4 Å². The minimum Gasteiger partial charge on any atom is -0.313 e. The molecule has 3 rings (SSSR count). The molecule has 0 atom stereocenters. The second kappa shape index (κ2) is 7.38. The molecule has 2 aromatic heterocycles. The zero-order chi connectivity index (χ0) is 12.4. The van der Waals surface area contributed by atoms with Gasteiger partial charge in [-0.15, -0.1) is 24.8 Å². The molecule has 0 aliphatic carbocycles. The molecule has 1 aliphatic heterocycles. The second-order valence-electron chi connectivity index (χ2n) is 4.36. The lowest BCUT2D eigenvalue weighted by Gasteiger charge is -2.13. The molecule has 7 heteroatoms. The Hall–Kier alpha value is -1.43. The van der Waals surface area contributed by atoms with E-state index in [9.17, 15) is 0 Å². The lowest BCUT2D eigenvalue weighted by atomic mass is 10.0. The van der Waals surface area contributed by atoms with E-state index in [4.69, 9.17) is 0 Å². The van der Waals surface area contributed by atoms with E-state index < -0.39 is 0 Å². The Bertz CT molecular complexity index is 577. The van der Waals surface area contributed by atoms with Gasteiger partial charge in [-0.05, 0) is 30.7 Å². The molecule has 0 saturated heterocycles. The van der Waals surface area contributed by atoms with Crippen molar-refractivity contribution in [2.45, 2.75) is 6.42 Å². The lowest BCUT2D eigenvalue weighted by molar-refractivity contribution is 0.737. The van der Waals surface area contributed by atoms with Crippen molar-refractivity contribution in [3.05, 3.63) is 36.4 Å². The highest BCUT2D eigenvalue weighted by Crippen LogP contribution is 2.20. The van der Waals surface area contributed by atoms with Gasteiger partial charge < -0.3 is 5.32 Å². The number of nitrogens with zero attached hydrogens (tertiary/aromatic N) is 4. The van der Waals surface area contributed by atoms with Crippen molar-refractivity contribution < 1.29 is 0 Å². The van der Waals surface area contributed by atoms with Crippen molar-refractivity contribution in [2.24, 2.45) is 7.05 Å². The van der Waals surface area contributed by atoms with Gasteiger partial charge in [0.1, 0.15) is 6.33 Å². The van der Waals surface area contributed by atoms with Crippen LogP contribution in [0, 0.1) is 0 Å². The largest absolute Gasteiger partial charge is 0.313 e. The molecule has 0 radical (unpaired) electrons. The highest BCUT2D eigenvalue weighted by molar-refractivity contribution is 5.85. The molecule has 0 spiro atoms. The van der Waals surface area contributed by atoms with Gasteiger partial charge in [0.15, 0.2) is 5.82 Å². The van der Waals surface area contributed by atoms with Gasteiger partial charge in [-0.25, -0.2) is 4.98 Å². The van der Waals surface area contributed by atoms with Gasteiger partial charge in [0.05, 0.1) is 5.69 Å². The number of aromatic nitrogens is 4. The summed E-state index contributed by atoms with van der Waals surface area (Å²) in [5, 5.41) is 7.56. The Morgan fingerprint density at radius 1 is 1.20 bits per heavy atom. The van der Waals surface area contributed by atoms with E-state index in [-0.39, 0.29) is 24.8 Å². The van der Waals surface area contributed by atoms with E-state index in [1.165, 1.54) is 5.57 Å². The van der Waals surface area contributed by atoms with E-state index in [2.05, 4.69) is 26.5 Å². The molecule has 5 nitrogen and oxygen atoms in total. The molecule has 0 unspecified atom stereocenters. The molecule has 108 valence electrons. The Morgan fingerprint density at radius 3 is 2.60 bits per heavy atom. The van der Waals surface area contributed by atoms with Crippen LogP contribution >= 0.6 is 24.8 Å². The maximum Gasteiger partial charge on any atom is 0.182 e. The summed E-state index contributed by atoms with van der Waals surface area (Å²) in [7, 11) is 1.86. The van der Waals surface area contributed by atoms with Gasteiger partial charge in [-0.3, -0.25) is 9.67 Å². The molecular weight excluding hydrogens is 297 g/mol. The molecule has 1 N–H and O–H groups in total. The second-order valence-corrected chi connectivity index (χ2v) is 4.36. The summed E-state index contributed by atoms with van der Waals surface area (Å²) in [6.45, 7) is 1.96. The third kappa shape index (κ3) is 3.56. The number of aryl methyl sites for hydroxylation is 1. The Morgan fingerprint density at radius 2 is 2.05 bits per heavy atom. The maximum absolute atomic E-state index is 4.50. The minimum atomic E-state index is 0. The molecule has 0 saturated carbocycles. The fourth-order valence-corrected chi connectivity index (χ4v) is 2.04. The van der Waals surface area contributed by atoms with Gasteiger partial charge in [0, 0.05) is 25.4 Å². The Kier molecular flexibility index (Phi) is 6.13. The highest BCUT2D eigenvalue weighted by atomic mass is 35.5. The predicted molar refractivity (Wildman–Crippen MR) is 84.2 cm³/mol. The van der Waals surface area contributed by atoms with Crippen LogP contribution in [0.4, 0.5) is 0 Å². The van der Waals surface area contributed by atoms with Gasteiger partial charge >= 0.3 is 0 Å². The van der Waals surface area contributed by atoms with Crippen LogP contribution in [0.2, 0.25) is 0 Å². The van der Waals surface area contributed by atoms with Crippen LogP contribution in [0.3, 0.4) is 0 Å². The zero-order valence-corrected chi connectivity index (χ0v) is 12.7. The first-order chi connectivity index (χ1) is 8.83. The predicted octanol–water partition coefficient (Wildman–Crippen LogP) is 2.10. The first-order valence-electron chi connectivity index (χ1n) is 6.05. The van der Waals surface area contributed by atoms with Crippen molar-refractivity contribution in [1.82, 2.24) is 25.1 Å². The highest BCUT2D eigenvalue weighted by Gasteiger charge is 2.08. The molecular formula is C13H17Cl2N5. The number of pyridine rings is 1. The summed E-state index contributed by atoms with van der Waals surface area (Å²) in [5.41, 5.74) is 3.32. The van der Waals surface area contributed by atoms with Crippen LogP contribution < -0.4 is 5.32 Å². The standard InChI is InChI=1S/C13H15N5.2ClH/c1-18-9-16-13(17-18)11-2-3-12(15-8-11)10-4-6-14-7-5-10;;/h2-4,8-9,14H,5-7H2,1H3;2*1H. The average molecular weight is 314 g/mol. The molecule has 20 heavy (non-hydrogen) atoms. The SMILES string of the molecule is Cl.Cl.Cn1cnc(-c2ccc(C3=CCNCC3)nc2)n1. The molecule has 1 aliphatic rings. The van der Waals surface area contributed by atoms with Gasteiger partial charge in [-0.1, -0.05) is 6.08 Å². The van der Waals surface area contributed by atoms with Crippen LogP contribution in [0.1, 0.15) is 12.1 Å². The normalized spacial score (nSPS) is 13.9. The number of hydrogen-bond donors (Lipinski definition) is 1. The van der Waals surface area contributed by atoms with E-state index in [0.29, 0.717) is 0 Å². The smallest absolute Gasteiger partial charge is 0.182 e. The lowest BCUT2D eigenvalue weighted by Crippen LogP contribution is -2.20. The molecule has 0 fully saturated rings. The number of hydrogen-bond acceptors (Lipinski definition) is 4. The van der Waals surface area contributed by atoms with E-state index in [1.807, 2.05) is 25.4 Å². The monoisotopic (exact) mass is 313 g/mol. The zero-order valence-electron chi connectivity index (χ0n) is 11.1. The Balaban J connectivity index is 0.000001000. The van der Waals surface area contributed by atoms with Gasteiger partial charge in [-0.2, -0.15) is 5.10 Å².